The third-order valence-corrected chi connectivity index (χ3v) is 9.99. The van der Waals surface area contributed by atoms with E-state index in [9.17, 15) is 14.4 Å². The average molecular weight is 759 g/mol. The van der Waals surface area contributed by atoms with Crippen LogP contribution in [-0.2, 0) is 25.6 Å². The van der Waals surface area contributed by atoms with Gasteiger partial charge in [-0.15, -0.1) is 0 Å². The molecule has 0 fully saturated rings. The first-order valence-corrected chi connectivity index (χ1v) is 17.7. The van der Waals surface area contributed by atoms with Crippen LogP contribution in [0, 0.1) is 6.92 Å². The molecule has 0 bridgehead atoms. The number of nitrogens with zero attached hydrogens (tertiary/aromatic N) is 3. The van der Waals surface area contributed by atoms with E-state index in [2.05, 4.69) is 51.7 Å². The number of fused-ring (bicyclic) bond motifs is 2. The first kappa shape index (κ1) is 34.9. The number of hydrogen-bond donors (Lipinski definition) is 0. The summed E-state index contributed by atoms with van der Waals surface area (Å²) in [4.78, 5) is 45.0. The molecule has 1 atom stereocenters. The van der Waals surface area contributed by atoms with Gasteiger partial charge in [0.2, 0.25) is 0 Å². The van der Waals surface area contributed by atoms with Crippen molar-refractivity contribution in [2.45, 2.75) is 40.3 Å². The van der Waals surface area contributed by atoms with Crippen LogP contribution in [0.1, 0.15) is 49.2 Å². The van der Waals surface area contributed by atoms with Crippen LogP contribution in [-0.4, -0.2) is 48.0 Å². The van der Waals surface area contributed by atoms with Gasteiger partial charge in [-0.3, -0.25) is 9.36 Å². The van der Waals surface area contributed by atoms with Gasteiger partial charge < -0.3 is 23.5 Å². The quantitative estimate of drug-likeness (QED) is 0.156. The van der Waals surface area contributed by atoms with Crippen molar-refractivity contribution in [1.82, 2.24) is 9.13 Å². The van der Waals surface area contributed by atoms with E-state index in [-0.39, 0.29) is 24.3 Å². The largest absolute Gasteiger partial charge is 0.490 e. The predicted octanol–water partition coefficient (Wildman–Crippen LogP) is 5.82. The Kier molecular flexibility index (Phi) is 10.4. The number of carbonyl (C=O) groups excluding carboxylic acids is 2. The lowest BCUT2D eigenvalue weighted by atomic mass is 9.95. The van der Waals surface area contributed by atoms with Gasteiger partial charge in [0, 0.05) is 33.2 Å². The van der Waals surface area contributed by atoms with Crippen molar-refractivity contribution in [3.63, 3.8) is 0 Å². The van der Waals surface area contributed by atoms with E-state index in [4.69, 9.17) is 23.9 Å². The fraction of sp³-hybridized carbons (Fsp3) is 0.263. The zero-order valence-corrected chi connectivity index (χ0v) is 30.7. The van der Waals surface area contributed by atoms with Gasteiger partial charge in [-0.05, 0) is 75.2 Å². The fourth-order valence-corrected chi connectivity index (χ4v) is 7.42. The molecule has 1 aliphatic rings. The van der Waals surface area contributed by atoms with E-state index in [1.807, 2.05) is 37.3 Å². The minimum Gasteiger partial charge on any atom is -0.490 e. The number of ether oxygens (including phenoxy) is 4. The van der Waals surface area contributed by atoms with Gasteiger partial charge in [-0.2, -0.15) is 0 Å². The molecule has 0 radical (unpaired) electrons. The molecular formula is C38H36BrN3O7S. The number of aromatic nitrogens is 2. The summed E-state index contributed by atoms with van der Waals surface area (Å²) in [7, 11) is 1.28. The molecule has 0 saturated heterocycles. The summed E-state index contributed by atoms with van der Waals surface area (Å²) in [5.41, 5.74) is 5.16. The molecule has 3 aromatic carbocycles. The number of carbonyl (C=O) groups is 2. The third kappa shape index (κ3) is 6.77. The molecule has 0 N–H and O–H groups in total. The van der Waals surface area contributed by atoms with Crippen molar-refractivity contribution in [1.29, 1.82) is 0 Å². The van der Waals surface area contributed by atoms with E-state index in [0.717, 1.165) is 32.2 Å². The van der Waals surface area contributed by atoms with Crippen molar-refractivity contribution < 1.29 is 28.5 Å². The standard InChI is InChI=1S/C38H36BrN3O7S/c1-6-47-31-18-25(14-17-30(31)49-21-33(43)46-5)35-34(37(45)48-7-2)22(3)40-38-42(35)36(44)32(50-38)19-28-23(4)41(29-11-9-8-10-27(28)29)20-24-12-15-26(39)16-13-24/h8-19,35H,6-7,20-21H2,1-5H3/b32-19-/t35-/m0/s1. The molecule has 0 saturated carbocycles. The Bertz CT molecular complexity index is 2320. The highest BCUT2D eigenvalue weighted by molar-refractivity contribution is 9.10. The van der Waals surface area contributed by atoms with E-state index in [1.54, 1.807) is 36.6 Å². The number of methoxy groups -OCH3 is 1. The van der Waals surface area contributed by atoms with E-state index in [1.165, 1.54) is 18.4 Å². The van der Waals surface area contributed by atoms with Crippen LogP contribution in [0.15, 0.2) is 92.3 Å². The van der Waals surface area contributed by atoms with Crippen LogP contribution in [0.3, 0.4) is 0 Å². The highest BCUT2D eigenvalue weighted by atomic mass is 79.9. The Hall–Kier alpha value is -4.94. The first-order chi connectivity index (χ1) is 24.1. The van der Waals surface area contributed by atoms with Crippen molar-refractivity contribution >= 4 is 56.2 Å². The molecule has 2 aromatic heterocycles. The maximum atomic E-state index is 14.5. The minimum atomic E-state index is -0.860. The molecule has 258 valence electrons. The second-order valence-corrected chi connectivity index (χ2v) is 13.5. The Morgan fingerprint density at radius 1 is 0.980 bits per heavy atom. The van der Waals surface area contributed by atoms with Gasteiger partial charge in [0.1, 0.15) is 0 Å². The lowest BCUT2D eigenvalue weighted by Gasteiger charge is -2.25. The van der Waals surface area contributed by atoms with Gasteiger partial charge in [-0.1, -0.05) is 63.7 Å². The fourth-order valence-electron chi connectivity index (χ4n) is 6.13. The normalized spacial score (nSPS) is 14.4. The third-order valence-electron chi connectivity index (χ3n) is 8.48. The molecule has 0 unspecified atom stereocenters. The van der Waals surface area contributed by atoms with Crippen LogP contribution in [0.5, 0.6) is 11.5 Å². The number of hydrogen-bond acceptors (Lipinski definition) is 9. The Labute approximate surface area is 301 Å². The summed E-state index contributed by atoms with van der Waals surface area (Å²) in [5.74, 6) is -0.438. The van der Waals surface area contributed by atoms with E-state index < -0.39 is 18.0 Å². The summed E-state index contributed by atoms with van der Waals surface area (Å²) < 4.78 is 27.0. The number of rotatable bonds is 11. The summed E-state index contributed by atoms with van der Waals surface area (Å²) in [6.45, 7) is 8.19. The molecule has 12 heteroatoms. The Balaban J connectivity index is 1.51. The average Bonchev–Trinajstić information content (AvgIpc) is 3.56. The van der Waals surface area contributed by atoms with Crippen LogP contribution in [0.25, 0.3) is 17.0 Å². The summed E-state index contributed by atoms with van der Waals surface area (Å²) in [6.07, 6.45) is 1.93. The number of thiazole rings is 1. The van der Waals surface area contributed by atoms with Gasteiger partial charge in [0.15, 0.2) is 22.9 Å². The molecule has 50 heavy (non-hydrogen) atoms. The number of esters is 2. The monoisotopic (exact) mass is 757 g/mol. The second kappa shape index (κ2) is 14.9. The first-order valence-electron chi connectivity index (χ1n) is 16.1. The molecule has 0 aliphatic carbocycles. The smallest absolute Gasteiger partial charge is 0.343 e. The van der Waals surface area contributed by atoms with Gasteiger partial charge in [0.25, 0.3) is 5.56 Å². The minimum absolute atomic E-state index is 0.154. The number of halogens is 1. The number of allylic oxidation sites excluding steroid dienone is 1. The van der Waals surface area contributed by atoms with Crippen molar-refractivity contribution in [2.24, 2.45) is 4.99 Å². The van der Waals surface area contributed by atoms with E-state index in [0.29, 0.717) is 45.2 Å². The molecule has 1 aliphatic heterocycles. The Morgan fingerprint density at radius 3 is 2.46 bits per heavy atom. The molecule has 0 amide bonds. The maximum Gasteiger partial charge on any atom is 0.343 e. The van der Waals surface area contributed by atoms with Gasteiger partial charge in [0.05, 0.1) is 42.2 Å². The van der Waals surface area contributed by atoms with Crippen LogP contribution in [0.2, 0.25) is 0 Å². The van der Waals surface area contributed by atoms with Crippen LogP contribution in [0.4, 0.5) is 0 Å². The molecule has 5 aromatic rings. The molecule has 0 spiro atoms. The van der Waals surface area contributed by atoms with E-state index >= 15 is 0 Å². The molecular weight excluding hydrogens is 722 g/mol. The topological polar surface area (TPSA) is 110 Å². The van der Waals surface area contributed by atoms with Crippen LogP contribution >= 0.6 is 27.3 Å². The number of benzene rings is 3. The maximum absolute atomic E-state index is 14.5. The zero-order chi connectivity index (χ0) is 35.5. The predicted molar refractivity (Wildman–Crippen MR) is 195 cm³/mol. The van der Waals surface area contributed by atoms with Crippen LogP contribution < -0.4 is 24.4 Å². The SMILES string of the molecule is CCOC(=O)C1=C(C)N=c2s/c(=C\c3c(C)n(Cc4ccc(Br)cc4)c4ccccc34)c(=O)n2[C@H]1c1ccc(OCC(=O)OC)c(OCC)c1. The highest BCUT2D eigenvalue weighted by Gasteiger charge is 2.34. The van der Waals surface area contributed by atoms with Gasteiger partial charge in [-0.25, -0.2) is 14.6 Å². The molecule has 3 heterocycles. The second-order valence-electron chi connectivity index (χ2n) is 11.5. The zero-order valence-electron chi connectivity index (χ0n) is 28.3. The summed E-state index contributed by atoms with van der Waals surface area (Å²) in [6, 6.07) is 20.7. The summed E-state index contributed by atoms with van der Waals surface area (Å²) in [5, 5.41) is 1.02. The number of para-hydroxylation sites is 1. The highest BCUT2D eigenvalue weighted by Crippen LogP contribution is 2.36. The van der Waals surface area contributed by atoms with Crippen molar-refractivity contribution in [3.8, 4) is 11.5 Å². The lowest BCUT2D eigenvalue weighted by molar-refractivity contribution is -0.143. The van der Waals surface area contributed by atoms with Crippen molar-refractivity contribution in [2.75, 3.05) is 26.9 Å². The Morgan fingerprint density at radius 2 is 1.74 bits per heavy atom. The molecule has 10 nitrogen and oxygen atoms in total. The van der Waals surface area contributed by atoms with Crippen molar-refractivity contribution in [3.05, 3.63) is 125 Å². The van der Waals surface area contributed by atoms with Gasteiger partial charge >= 0.3 is 11.9 Å². The summed E-state index contributed by atoms with van der Waals surface area (Å²) >= 11 is 4.79. The molecule has 6 rings (SSSR count). The lowest BCUT2D eigenvalue weighted by Crippen LogP contribution is -2.40.